The number of amides is 1. The summed E-state index contributed by atoms with van der Waals surface area (Å²) >= 11 is 0. The number of rotatable bonds is 5. The van der Waals surface area contributed by atoms with Crippen molar-refractivity contribution >= 4 is 29.1 Å². The molecule has 1 fully saturated rings. The van der Waals surface area contributed by atoms with Crippen LogP contribution in [-0.4, -0.2) is 29.0 Å². The molecule has 0 saturated heterocycles. The minimum atomic E-state index is -0.834. The lowest BCUT2D eigenvalue weighted by Gasteiger charge is -2.19. The van der Waals surface area contributed by atoms with Crippen molar-refractivity contribution in [2.75, 3.05) is 0 Å². The van der Waals surface area contributed by atoms with Crippen molar-refractivity contribution in [3.8, 4) is 0 Å². The Kier molecular flexibility index (Phi) is 6.04. The van der Waals surface area contributed by atoms with Gasteiger partial charge in [0.25, 0.3) is 5.91 Å². The summed E-state index contributed by atoms with van der Waals surface area (Å²) in [5.74, 6) is -0.532. The highest BCUT2D eigenvalue weighted by Gasteiger charge is 2.21. The Bertz CT molecular complexity index is 755. The predicted octanol–water partition coefficient (Wildman–Crippen LogP) is 3.61. The number of carbonyl (C=O) groups excluding carboxylic acids is 2. The van der Waals surface area contributed by atoms with Crippen molar-refractivity contribution < 1.29 is 18.7 Å². The first-order chi connectivity index (χ1) is 12.6. The van der Waals surface area contributed by atoms with Gasteiger partial charge in [0.1, 0.15) is 5.52 Å². The summed E-state index contributed by atoms with van der Waals surface area (Å²) in [5, 5.41) is 2.98. The van der Waals surface area contributed by atoms with Gasteiger partial charge in [-0.1, -0.05) is 37.8 Å². The molecule has 6 heteroatoms. The second-order valence-electron chi connectivity index (χ2n) is 6.63. The van der Waals surface area contributed by atoms with Crippen LogP contribution in [0.25, 0.3) is 17.2 Å². The third kappa shape index (κ3) is 4.94. The van der Waals surface area contributed by atoms with Crippen LogP contribution in [-0.2, 0) is 14.3 Å². The van der Waals surface area contributed by atoms with E-state index in [0.717, 1.165) is 31.2 Å². The van der Waals surface area contributed by atoms with Gasteiger partial charge in [-0.15, -0.1) is 0 Å². The van der Waals surface area contributed by atoms with Crippen molar-refractivity contribution in [2.24, 2.45) is 0 Å². The van der Waals surface area contributed by atoms with Gasteiger partial charge in [0.15, 0.2) is 11.7 Å². The van der Waals surface area contributed by atoms with E-state index in [1.807, 2.05) is 18.2 Å². The minimum Gasteiger partial charge on any atom is -0.449 e. The Balaban J connectivity index is 1.50. The van der Waals surface area contributed by atoms with E-state index < -0.39 is 12.1 Å². The first-order valence-corrected chi connectivity index (χ1v) is 9.16. The molecule has 1 heterocycles. The number of aromatic nitrogens is 1. The molecule has 1 aliphatic carbocycles. The second-order valence-corrected chi connectivity index (χ2v) is 6.63. The van der Waals surface area contributed by atoms with Crippen LogP contribution in [0.15, 0.2) is 34.8 Å². The van der Waals surface area contributed by atoms with Crippen LogP contribution in [0.3, 0.4) is 0 Å². The molecule has 3 rings (SSSR count). The number of nitrogens with zero attached hydrogens (tertiary/aromatic N) is 1. The molecular formula is C20H24N2O4. The van der Waals surface area contributed by atoms with E-state index in [1.54, 1.807) is 13.0 Å². The summed E-state index contributed by atoms with van der Waals surface area (Å²) in [6.45, 7) is 1.58. The number of para-hydroxylation sites is 2. The van der Waals surface area contributed by atoms with Gasteiger partial charge in [0.05, 0.1) is 0 Å². The quantitative estimate of drug-likeness (QED) is 0.503. The first kappa shape index (κ1) is 18.2. The maximum atomic E-state index is 12.2. The summed E-state index contributed by atoms with van der Waals surface area (Å²) in [6, 6.07) is 7.53. The number of nitrogens with one attached hydrogen (secondary N) is 1. The molecule has 0 aliphatic heterocycles. The van der Waals surface area contributed by atoms with Crippen LogP contribution in [0.2, 0.25) is 0 Å². The van der Waals surface area contributed by atoms with Gasteiger partial charge >= 0.3 is 5.97 Å². The van der Waals surface area contributed by atoms with Gasteiger partial charge in [-0.25, -0.2) is 9.78 Å². The van der Waals surface area contributed by atoms with Gasteiger partial charge in [-0.2, -0.15) is 0 Å². The molecule has 2 aromatic rings. The van der Waals surface area contributed by atoms with Crippen LogP contribution in [0.4, 0.5) is 0 Å². The Labute approximate surface area is 152 Å². The van der Waals surface area contributed by atoms with Gasteiger partial charge in [-0.05, 0) is 31.9 Å². The molecule has 0 radical (unpaired) electrons. The SMILES string of the molecule is C[C@H](OC(=O)/C=C/c1nc2ccccc2o1)C(=O)NC1CCCCCC1. The monoisotopic (exact) mass is 356 g/mol. The Morgan fingerprint density at radius 3 is 2.69 bits per heavy atom. The number of oxazole rings is 1. The molecule has 138 valence electrons. The Morgan fingerprint density at radius 1 is 1.23 bits per heavy atom. The third-order valence-electron chi connectivity index (χ3n) is 4.54. The smallest absolute Gasteiger partial charge is 0.331 e. The number of benzene rings is 1. The van der Waals surface area contributed by atoms with Gasteiger partial charge in [0.2, 0.25) is 5.89 Å². The van der Waals surface area contributed by atoms with Gasteiger partial charge in [0, 0.05) is 18.2 Å². The lowest BCUT2D eigenvalue weighted by molar-refractivity contribution is -0.150. The lowest BCUT2D eigenvalue weighted by atomic mass is 10.1. The summed E-state index contributed by atoms with van der Waals surface area (Å²) in [7, 11) is 0. The minimum absolute atomic E-state index is 0.182. The summed E-state index contributed by atoms with van der Waals surface area (Å²) in [6.07, 6.45) is 8.51. The average molecular weight is 356 g/mol. The zero-order chi connectivity index (χ0) is 18.4. The summed E-state index contributed by atoms with van der Waals surface area (Å²) < 4.78 is 10.7. The topological polar surface area (TPSA) is 81.4 Å². The van der Waals surface area contributed by atoms with Crippen molar-refractivity contribution in [3.05, 3.63) is 36.2 Å². The third-order valence-corrected chi connectivity index (χ3v) is 4.54. The molecule has 1 amide bonds. The number of fused-ring (bicyclic) bond motifs is 1. The normalized spacial score (nSPS) is 17.1. The standard InChI is InChI=1S/C20H24N2O4/c1-14(20(24)21-15-8-4-2-3-5-9-15)25-19(23)13-12-18-22-16-10-6-7-11-17(16)26-18/h6-7,10-15H,2-5,8-9H2,1H3,(H,21,24)/b13-12+/t14-/m0/s1. The van der Waals surface area contributed by atoms with Crippen molar-refractivity contribution in [3.63, 3.8) is 0 Å². The molecule has 0 bridgehead atoms. The maximum Gasteiger partial charge on any atom is 0.331 e. The molecule has 0 unspecified atom stereocenters. The predicted molar refractivity (Wildman–Crippen MR) is 98.2 cm³/mol. The van der Waals surface area contributed by atoms with Crippen LogP contribution in [0, 0.1) is 0 Å². The molecule has 1 atom stereocenters. The number of esters is 1. The fraction of sp³-hybridized carbons (Fsp3) is 0.450. The van der Waals surface area contributed by atoms with Crippen LogP contribution in [0.5, 0.6) is 0 Å². The number of carbonyl (C=O) groups is 2. The number of ether oxygens (including phenoxy) is 1. The largest absolute Gasteiger partial charge is 0.449 e. The molecule has 1 N–H and O–H groups in total. The van der Waals surface area contributed by atoms with E-state index in [0.29, 0.717) is 11.5 Å². The molecule has 26 heavy (non-hydrogen) atoms. The highest BCUT2D eigenvalue weighted by atomic mass is 16.5. The Hall–Kier alpha value is -2.63. The second kappa shape index (κ2) is 8.65. The van der Waals surface area contributed by atoms with Gasteiger partial charge < -0.3 is 14.5 Å². The first-order valence-electron chi connectivity index (χ1n) is 9.16. The van der Waals surface area contributed by atoms with E-state index in [4.69, 9.17) is 9.15 Å². The summed E-state index contributed by atoms with van der Waals surface area (Å²) in [5.41, 5.74) is 1.37. The van der Waals surface area contributed by atoms with Crippen molar-refractivity contribution in [1.82, 2.24) is 10.3 Å². The molecule has 1 aromatic carbocycles. The molecule has 0 spiro atoms. The zero-order valence-corrected chi connectivity index (χ0v) is 14.9. The van der Waals surface area contributed by atoms with E-state index in [2.05, 4.69) is 10.3 Å². The van der Waals surface area contributed by atoms with Crippen LogP contribution >= 0.6 is 0 Å². The number of hydrogen-bond donors (Lipinski definition) is 1. The summed E-state index contributed by atoms with van der Waals surface area (Å²) in [4.78, 5) is 28.4. The van der Waals surface area contributed by atoms with E-state index in [1.165, 1.54) is 25.0 Å². The zero-order valence-electron chi connectivity index (χ0n) is 14.9. The van der Waals surface area contributed by atoms with Crippen molar-refractivity contribution in [2.45, 2.75) is 57.6 Å². The Morgan fingerprint density at radius 2 is 1.96 bits per heavy atom. The van der Waals surface area contributed by atoms with E-state index in [9.17, 15) is 9.59 Å². The van der Waals surface area contributed by atoms with Crippen LogP contribution < -0.4 is 5.32 Å². The highest BCUT2D eigenvalue weighted by molar-refractivity contribution is 5.90. The molecule has 1 aliphatic rings. The molecule has 1 aromatic heterocycles. The van der Waals surface area contributed by atoms with Crippen molar-refractivity contribution in [1.29, 1.82) is 0 Å². The fourth-order valence-corrected chi connectivity index (χ4v) is 3.11. The fourth-order valence-electron chi connectivity index (χ4n) is 3.11. The molecule has 1 saturated carbocycles. The highest BCUT2D eigenvalue weighted by Crippen LogP contribution is 2.18. The molecule has 6 nitrogen and oxygen atoms in total. The maximum absolute atomic E-state index is 12.2. The van der Waals surface area contributed by atoms with Crippen LogP contribution in [0.1, 0.15) is 51.3 Å². The lowest BCUT2D eigenvalue weighted by Crippen LogP contribution is -2.41. The average Bonchev–Trinajstić information content (AvgIpc) is 2.88. The van der Waals surface area contributed by atoms with Gasteiger partial charge in [-0.3, -0.25) is 4.79 Å². The molecular weight excluding hydrogens is 332 g/mol. The number of hydrogen-bond acceptors (Lipinski definition) is 5. The van der Waals surface area contributed by atoms with E-state index in [-0.39, 0.29) is 11.9 Å². The van der Waals surface area contributed by atoms with E-state index >= 15 is 0 Å².